The van der Waals surface area contributed by atoms with Crippen LogP contribution in [0, 0.1) is 0 Å². The van der Waals surface area contributed by atoms with Crippen LogP contribution in [0.5, 0.6) is 0 Å². The maximum Gasteiger partial charge on any atom is 0.319 e. The van der Waals surface area contributed by atoms with Crippen LogP contribution < -0.4 is 16.0 Å². The third-order valence-corrected chi connectivity index (χ3v) is 8.51. The van der Waals surface area contributed by atoms with Gasteiger partial charge in [-0.25, -0.2) is 9.78 Å². The number of thiazole rings is 1. The van der Waals surface area contributed by atoms with Gasteiger partial charge in [-0.2, -0.15) is 0 Å². The molecule has 1 unspecified atom stereocenters. The maximum atomic E-state index is 13.1. The van der Waals surface area contributed by atoms with Crippen LogP contribution in [0.4, 0.5) is 10.5 Å². The lowest BCUT2D eigenvalue weighted by molar-refractivity contribution is -0.136. The van der Waals surface area contributed by atoms with Gasteiger partial charge in [0, 0.05) is 17.7 Å². The summed E-state index contributed by atoms with van der Waals surface area (Å²) in [6.45, 7) is 3.71. The van der Waals surface area contributed by atoms with Crippen molar-refractivity contribution in [2.24, 2.45) is 0 Å². The quantitative estimate of drug-likeness (QED) is 0.305. The number of benzene rings is 3. The SMILES string of the molecule is CC(C)(NC(=O)Nc1ccc2c(c1)C(=O)N(C1CCC(=O)NC1=O)C2=O)c1nc2c(-c3ccccc3)cccc2s1. The van der Waals surface area contributed by atoms with Crippen molar-refractivity contribution in [3.05, 3.63) is 82.9 Å². The van der Waals surface area contributed by atoms with Gasteiger partial charge in [0.25, 0.3) is 11.8 Å². The molecule has 0 bridgehead atoms. The van der Waals surface area contributed by atoms with E-state index in [1.54, 1.807) is 0 Å². The molecule has 206 valence electrons. The number of nitrogens with zero attached hydrogens (tertiary/aromatic N) is 2. The fourth-order valence-electron chi connectivity index (χ4n) is 5.11. The van der Waals surface area contributed by atoms with E-state index in [4.69, 9.17) is 4.98 Å². The molecule has 1 saturated heterocycles. The summed E-state index contributed by atoms with van der Waals surface area (Å²) in [6, 6.07) is 18.8. The number of nitrogens with one attached hydrogen (secondary N) is 3. The Morgan fingerprint density at radius 3 is 2.46 bits per heavy atom. The van der Waals surface area contributed by atoms with E-state index in [-0.39, 0.29) is 24.0 Å². The molecular weight excluding hydrogens is 542 g/mol. The Balaban J connectivity index is 1.19. The van der Waals surface area contributed by atoms with Gasteiger partial charge in [0.2, 0.25) is 11.8 Å². The first kappa shape index (κ1) is 26.3. The lowest BCUT2D eigenvalue weighted by atomic mass is 10.0. The zero-order valence-electron chi connectivity index (χ0n) is 22.2. The summed E-state index contributed by atoms with van der Waals surface area (Å²) >= 11 is 1.50. The third-order valence-electron chi connectivity index (χ3n) is 7.16. The molecule has 0 radical (unpaired) electrons. The predicted molar refractivity (Wildman–Crippen MR) is 153 cm³/mol. The number of anilines is 1. The molecule has 1 fully saturated rings. The van der Waals surface area contributed by atoms with Crippen molar-refractivity contribution >= 4 is 56.9 Å². The normalized spacial score (nSPS) is 17.0. The number of para-hydroxylation sites is 1. The van der Waals surface area contributed by atoms with E-state index in [2.05, 4.69) is 16.0 Å². The summed E-state index contributed by atoms with van der Waals surface area (Å²) in [4.78, 5) is 68.7. The molecule has 11 heteroatoms. The van der Waals surface area contributed by atoms with Crippen LogP contribution in [0.2, 0.25) is 0 Å². The summed E-state index contributed by atoms with van der Waals surface area (Å²) in [5.74, 6) is -2.37. The number of amides is 6. The Bertz CT molecular complexity index is 1760. The molecule has 0 aliphatic carbocycles. The molecule has 2 aliphatic rings. The van der Waals surface area contributed by atoms with Gasteiger partial charge in [-0.3, -0.25) is 29.4 Å². The Morgan fingerprint density at radius 2 is 1.71 bits per heavy atom. The van der Waals surface area contributed by atoms with Crippen LogP contribution in [-0.2, 0) is 15.1 Å². The van der Waals surface area contributed by atoms with Crippen molar-refractivity contribution in [2.45, 2.75) is 38.3 Å². The first-order valence-electron chi connectivity index (χ1n) is 13.0. The molecule has 6 amide bonds. The average molecular weight is 568 g/mol. The van der Waals surface area contributed by atoms with Gasteiger partial charge in [-0.05, 0) is 50.1 Å². The van der Waals surface area contributed by atoms with Crippen molar-refractivity contribution in [2.75, 3.05) is 5.32 Å². The number of urea groups is 1. The zero-order chi connectivity index (χ0) is 28.9. The first-order valence-corrected chi connectivity index (χ1v) is 13.8. The van der Waals surface area contributed by atoms with Gasteiger partial charge in [0.1, 0.15) is 11.0 Å². The second-order valence-corrected chi connectivity index (χ2v) is 11.5. The highest BCUT2D eigenvalue weighted by atomic mass is 32.1. The van der Waals surface area contributed by atoms with Gasteiger partial charge < -0.3 is 10.6 Å². The maximum absolute atomic E-state index is 13.1. The van der Waals surface area contributed by atoms with E-state index in [0.717, 1.165) is 31.3 Å². The van der Waals surface area contributed by atoms with Crippen LogP contribution >= 0.6 is 11.3 Å². The van der Waals surface area contributed by atoms with Gasteiger partial charge in [0.05, 0.1) is 26.9 Å². The molecule has 0 saturated carbocycles. The fraction of sp³-hybridized carbons (Fsp3) is 0.200. The number of rotatable bonds is 5. The number of aromatic nitrogens is 1. The van der Waals surface area contributed by atoms with Crippen LogP contribution in [0.25, 0.3) is 21.3 Å². The van der Waals surface area contributed by atoms with Gasteiger partial charge in [-0.1, -0.05) is 42.5 Å². The van der Waals surface area contributed by atoms with Crippen LogP contribution in [-0.4, -0.2) is 45.6 Å². The number of piperidine rings is 1. The van der Waals surface area contributed by atoms with Crippen molar-refractivity contribution in [3.63, 3.8) is 0 Å². The van der Waals surface area contributed by atoms with Gasteiger partial charge in [-0.15, -0.1) is 11.3 Å². The zero-order valence-corrected chi connectivity index (χ0v) is 23.0. The molecule has 10 nitrogen and oxygen atoms in total. The molecule has 3 heterocycles. The lowest BCUT2D eigenvalue weighted by Gasteiger charge is -2.27. The van der Waals surface area contributed by atoms with Crippen LogP contribution in [0.1, 0.15) is 52.4 Å². The molecule has 3 N–H and O–H groups in total. The Morgan fingerprint density at radius 1 is 0.951 bits per heavy atom. The summed E-state index contributed by atoms with van der Waals surface area (Å²) < 4.78 is 0.999. The number of hydrogen-bond acceptors (Lipinski definition) is 7. The molecule has 2 aliphatic heterocycles. The standard InChI is InChI=1S/C30H25N5O5S/c1-30(2,28-33-24-18(9-6-10-22(24)41-28)16-7-4-3-5-8-16)34-29(40)31-17-11-12-19-20(15-17)27(39)35(26(19)38)21-13-14-23(36)32-25(21)37/h3-12,15,21H,13-14H2,1-2H3,(H2,31,34,40)(H,32,36,37). The summed E-state index contributed by atoms with van der Waals surface area (Å²) in [5.41, 5.74) is 2.61. The highest BCUT2D eigenvalue weighted by molar-refractivity contribution is 7.18. The van der Waals surface area contributed by atoms with E-state index < -0.39 is 41.2 Å². The van der Waals surface area contributed by atoms with Gasteiger partial charge in [0.15, 0.2) is 0 Å². The lowest BCUT2D eigenvalue weighted by Crippen LogP contribution is -2.54. The fourth-order valence-corrected chi connectivity index (χ4v) is 6.17. The monoisotopic (exact) mass is 567 g/mol. The molecule has 1 atom stereocenters. The number of fused-ring (bicyclic) bond motifs is 2. The summed E-state index contributed by atoms with van der Waals surface area (Å²) in [7, 11) is 0. The number of carbonyl (C=O) groups excluding carboxylic acids is 5. The highest BCUT2D eigenvalue weighted by Gasteiger charge is 2.44. The Kier molecular flexibility index (Phi) is 6.38. The van der Waals surface area contributed by atoms with Crippen LogP contribution in [0.15, 0.2) is 66.7 Å². The summed E-state index contributed by atoms with van der Waals surface area (Å²) in [5, 5.41) is 8.58. The number of hydrogen-bond donors (Lipinski definition) is 3. The minimum Gasteiger partial charge on any atom is -0.326 e. The van der Waals surface area contributed by atoms with E-state index in [1.807, 2.05) is 62.4 Å². The molecule has 3 aromatic carbocycles. The second-order valence-electron chi connectivity index (χ2n) is 10.4. The summed E-state index contributed by atoms with van der Waals surface area (Å²) in [6.07, 6.45) is 0.103. The molecule has 0 spiro atoms. The van der Waals surface area contributed by atoms with Crippen molar-refractivity contribution in [1.82, 2.24) is 20.5 Å². The second kappa shape index (κ2) is 9.93. The molecular formula is C30H25N5O5S. The highest BCUT2D eigenvalue weighted by Crippen LogP contribution is 2.35. The Labute approximate surface area is 238 Å². The van der Waals surface area contributed by atoms with E-state index in [9.17, 15) is 24.0 Å². The van der Waals surface area contributed by atoms with E-state index in [1.165, 1.54) is 29.5 Å². The van der Waals surface area contributed by atoms with Crippen molar-refractivity contribution in [1.29, 1.82) is 0 Å². The van der Waals surface area contributed by atoms with Gasteiger partial charge >= 0.3 is 6.03 Å². The smallest absolute Gasteiger partial charge is 0.319 e. The van der Waals surface area contributed by atoms with E-state index in [0.29, 0.717) is 5.69 Å². The molecule has 6 rings (SSSR count). The minimum absolute atomic E-state index is 0.0365. The predicted octanol–water partition coefficient (Wildman–Crippen LogP) is 4.42. The molecule has 1 aromatic heterocycles. The Hall–Kier alpha value is -4.90. The molecule has 41 heavy (non-hydrogen) atoms. The minimum atomic E-state index is -1.06. The van der Waals surface area contributed by atoms with Crippen molar-refractivity contribution in [3.8, 4) is 11.1 Å². The van der Waals surface area contributed by atoms with E-state index >= 15 is 0 Å². The molecule has 4 aromatic rings. The first-order chi connectivity index (χ1) is 19.6. The topological polar surface area (TPSA) is 138 Å². The number of imide groups is 2. The average Bonchev–Trinajstić information content (AvgIpc) is 3.49. The largest absolute Gasteiger partial charge is 0.326 e. The van der Waals surface area contributed by atoms with Crippen LogP contribution in [0.3, 0.4) is 0 Å². The third kappa shape index (κ3) is 4.74. The van der Waals surface area contributed by atoms with Crippen molar-refractivity contribution < 1.29 is 24.0 Å². The number of carbonyl (C=O) groups is 5.